The van der Waals surface area contributed by atoms with Gasteiger partial charge >= 0.3 is 0 Å². The van der Waals surface area contributed by atoms with E-state index >= 15 is 0 Å². The Kier molecular flexibility index (Phi) is 3.42. The highest BCUT2D eigenvalue weighted by atomic mass is 16.3. The Morgan fingerprint density at radius 3 is 2.33 bits per heavy atom. The van der Waals surface area contributed by atoms with E-state index in [1.54, 1.807) is 0 Å². The largest absolute Gasteiger partial charge is 0.504 e. The van der Waals surface area contributed by atoms with Gasteiger partial charge in [0, 0.05) is 11.6 Å². The van der Waals surface area contributed by atoms with E-state index in [1.807, 2.05) is 13.8 Å². The minimum absolute atomic E-state index is 0.194. The molecule has 0 saturated carbocycles. The van der Waals surface area contributed by atoms with Gasteiger partial charge in [0.15, 0.2) is 11.5 Å². The fourth-order valence-corrected chi connectivity index (χ4v) is 1.41. The molecule has 1 aromatic carbocycles. The molecule has 4 nitrogen and oxygen atoms in total. The van der Waals surface area contributed by atoms with Crippen LogP contribution in [0.1, 0.15) is 31.9 Å². The number of aromatic hydroxyl groups is 3. The SMILES string of the molecule is CCC(C)[C@H](N)c1ccc(O)c(O)c1O. The molecule has 0 saturated heterocycles. The summed E-state index contributed by atoms with van der Waals surface area (Å²) >= 11 is 0. The summed E-state index contributed by atoms with van der Waals surface area (Å²) < 4.78 is 0. The first-order chi connectivity index (χ1) is 6.99. The van der Waals surface area contributed by atoms with Gasteiger partial charge in [0.2, 0.25) is 5.75 Å². The molecule has 15 heavy (non-hydrogen) atoms. The molecule has 0 aliphatic carbocycles. The number of rotatable bonds is 3. The lowest BCUT2D eigenvalue weighted by molar-refractivity contribution is 0.356. The second-order valence-corrected chi connectivity index (χ2v) is 3.78. The van der Waals surface area contributed by atoms with Gasteiger partial charge in [-0.3, -0.25) is 0 Å². The minimum atomic E-state index is -0.508. The molecule has 1 aromatic rings. The van der Waals surface area contributed by atoms with Crippen LogP contribution in [0.2, 0.25) is 0 Å². The fraction of sp³-hybridized carbons (Fsp3) is 0.455. The van der Waals surface area contributed by atoms with Gasteiger partial charge in [-0.05, 0) is 18.1 Å². The van der Waals surface area contributed by atoms with E-state index in [9.17, 15) is 10.2 Å². The second-order valence-electron chi connectivity index (χ2n) is 3.78. The van der Waals surface area contributed by atoms with Gasteiger partial charge in [-0.2, -0.15) is 0 Å². The van der Waals surface area contributed by atoms with Gasteiger partial charge in [0.1, 0.15) is 0 Å². The first-order valence-electron chi connectivity index (χ1n) is 4.98. The minimum Gasteiger partial charge on any atom is -0.504 e. The summed E-state index contributed by atoms with van der Waals surface area (Å²) in [6.07, 6.45) is 0.877. The summed E-state index contributed by atoms with van der Waals surface area (Å²) in [5, 5.41) is 28.1. The number of benzene rings is 1. The summed E-state index contributed by atoms with van der Waals surface area (Å²) in [7, 11) is 0. The standard InChI is InChI=1S/C11H17NO3/c1-3-6(2)9(12)7-4-5-8(13)11(15)10(7)14/h4-6,9,13-15H,3,12H2,1-2H3/t6?,9-/m0/s1. The summed E-state index contributed by atoms with van der Waals surface area (Å²) in [6.45, 7) is 3.97. The zero-order valence-electron chi connectivity index (χ0n) is 8.94. The van der Waals surface area contributed by atoms with Gasteiger partial charge in [0.25, 0.3) is 0 Å². The second kappa shape index (κ2) is 4.40. The van der Waals surface area contributed by atoms with E-state index in [0.717, 1.165) is 6.42 Å². The topological polar surface area (TPSA) is 86.7 Å². The van der Waals surface area contributed by atoms with Crippen molar-refractivity contribution in [2.45, 2.75) is 26.3 Å². The number of phenols is 3. The van der Waals surface area contributed by atoms with Crippen molar-refractivity contribution in [1.82, 2.24) is 0 Å². The van der Waals surface area contributed by atoms with Gasteiger partial charge in [-0.15, -0.1) is 0 Å². The highest BCUT2D eigenvalue weighted by Crippen LogP contribution is 2.40. The first-order valence-corrected chi connectivity index (χ1v) is 4.98. The van der Waals surface area contributed by atoms with Crippen molar-refractivity contribution in [1.29, 1.82) is 0 Å². The van der Waals surface area contributed by atoms with Crippen LogP contribution in [-0.2, 0) is 0 Å². The van der Waals surface area contributed by atoms with Crippen molar-refractivity contribution in [2.24, 2.45) is 11.7 Å². The highest BCUT2D eigenvalue weighted by molar-refractivity contribution is 5.54. The van der Waals surface area contributed by atoms with E-state index < -0.39 is 5.75 Å². The molecule has 0 aromatic heterocycles. The van der Waals surface area contributed by atoms with Crippen LogP contribution >= 0.6 is 0 Å². The average Bonchev–Trinajstić information content (AvgIpc) is 2.24. The molecule has 2 atom stereocenters. The molecule has 0 fully saturated rings. The summed E-state index contributed by atoms with van der Waals surface area (Å²) in [5.74, 6) is -0.985. The zero-order valence-corrected chi connectivity index (χ0v) is 8.94. The molecular formula is C11H17NO3. The zero-order chi connectivity index (χ0) is 11.6. The molecule has 1 rings (SSSR count). The smallest absolute Gasteiger partial charge is 0.200 e. The van der Waals surface area contributed by atoms with Crippen molar-refractivity contribution in [3.63, 3.8) is 0 Å². The lowest BCUT2D eigenvalue weighted by atomic mass is 9.92. The molecule has 0 aliphatic rings. The summed E-state index contributed by atoms with van der Waals surface area (Å²) in [6, 6.07) is 2.51. The maximum absolute atomic E-state index is 9.60. The van der Waals surface area contributed by atoms with E-state index in [0.29, 0.717) is 5.56 Å². The van der Waals surface area contributed by atoms with Gasteiger partial charge in [-0.25, -0.2) is 0 Å². The van der Waals surface area contributed by atoms with Crippen molar-refractivity contribution in [2.75, 3.05) is 0 Å². The maximum atomic E-state index is 9.60. The third-order valence-corrected chi connectivity index (χ3v) is 2.78. The Morgan fingerprint density at radius 2 is 1.80 bits per heavy atom. The van der Waals surface area contributed by atoms with E-state index in [1.165, 1.54) is 12.1 Å². The van der Waals surface area contributed by atoms with Crippen LogP contribution in [0.25, 0.3) is 0 Å². The van der Waals surface area contributed by atoms with E-state index in [2.05, 4.69) is 0 Å². The Hall–Kier alpha value is -1.42. The molecule has 0 spiro atoms. The fourth-order valence-electron chi connectivity index (χ4n) is 1.41. The predicted molar refractivity (Wildman–Crippen MR) is 57.8 cm³/mol. The van der Waals surface area contributed by atoms with Crippen molar-refractivity contribution in [3.05, 3.63) is 17.7 Å². The van der Waals surface area contributed by atoms with Gasteiger partial charge in [-0.1, -0.05) is 20.3 Å². The van der Waals surface area contributed by atoms with Crippen molar-refractivity contribution < 1.29 is 15.3 Å². The van der Waals surface area contributed by atoms with Crippen molar-refractivity contribution >= 4 is 0 Å². The quantitative estimate of drug-likeness (QED) is 0.575. The maximum Gasteiger partial charge on any atom is 0.200 e. The first kappa shape index (κ1) is 11.7. The van der Waals surface area contributed by atoms with Gasteiger partial charge < -0.3 is 21.1 Å². The highest BCUT2D eigenvalue weighted by Gasteiger charge is 2.20. The Labute approximate surface area is 89.0 Å². The van der Waals surface area contributed by atoms with Crippen LogP contribution in [-0.4, -0.2) is 15.3 Å². The third-order valence-electron chi connectivity index (χ3n) is 2.78. The molecule has 0 radical (unpaired) electrons. The van der Waals surface area contributed by atoms with Crippen LogP contribution in [0.3, 0.4) is 0 Å². The van der Waals surface area contributed by atoms with Crippen molar-refractivity contribution in [3.8, 4) is 17.2 Å². The van der Waals surface area contributed by atoms with E-state index in [-0.39, 0.29) is 23.5 Å². The number of nitrogens with two attached hydrogens (primary N) is 1. The number of phenolic OH excluding ortho intramolecular Hbond substituents is 3. The van der Waals surface area contributed by atoms with Gasteiger partial charge in [0.05, 0.1) is 0 Å². The molecule has 0 bridgehead atoms. The van der Waals surface area contributed by atoms with Crippen LogP contribution in [0.4, 0.5) is 0 Å². The van der Waals surface area contributed by atoms with Crippen LogP contribution in [0, 0.1) is 5.92 Å². The molecule has 0 amide bonds. The van der Waals surface area contributed by atoms with Crippen LogP contribution in [0.5, 0.6) is 17.2 Å². The number of hydrogen-bond acceptors (Lipinski definition) is 4. The third kappa shape index (κ3) is 2.15. The molecule has 4 heteroatoms. The summed E-state index contributed by atoms with van der Waals surface area (Å²) in [4.78, 5) is 0. The molecule has 0 heterocycles. The molecular weight excluding hydrogens is 194 g/mol. The Bertz CT molecular complexity index is 352. The summed E-state index contributed by atoms with van der Waals surface area (Å²) in [5.41, 5.74) is 6.37. The molecule has 0 aliphatic heterocycles. The molecule has 5 N–H and O–H groups in total. The monoisotopic (exact) mass is 211 g/mol. The normalized spacial score (nSPS) is 14.9. The Morgan fingerprint density at radius 1 is 1.20 bits per heavy atom. The van der Waals surface area contributed by atoms with E-state index in [4.69, 9.17) is 10.8 Å². The predicted octanol–water partition coefficient (Wildman–Crippen LogP) is 1.85. The lowest BCUT2D eigenvalue weighted by Crippen LogP contribution is -2.18. The average molecular weight is 211 g/mol. The van der Waals surface area contributed by atoms with Crippen LogP contribution in [0.15, 0.2) is 12.1 Å². The molecule has 84 valence electrons. The Balaban J connectivity index is 3.10. The molecule has 1 unspecified atom stereocenters. The number of hydrogen-bond donors (Lipinski definition) is 4. The lowest BCUT2D eigenvalue weighted by Gasteiger charge is -2.20. The van der Waals surface area contributed by atoms with Crippen LogP contribution < -0.4 is 5.73 Å².